The van der Waals surface area contributed by atoms with E-state index in [9.17, 15) is 9.59 Å². The zero-order valence-electron chi connectivity index (χ0n) is 15.1. The Bertz CT molecular complexity index is 269. The number of ether oxygens (including phenoxy) is 1. The molecule has 136 valence electrons. The normalized spacial score (nSPS) is 10.5. The third kappa shape index (κ3) is 18.9. The van der Waals surface area contributed by atoms with Gasteiger partial charge in [-0.1, -0.05) is 90.4 Å². The number of carbonyl (C=O) groups excluding carboxylic acids is 2. The fourth-order valence-corrected chi connectivity index (χ4v) is 2.66. The first kappa shape index (κ1) is 21.9. The molecule has 0 saturated heterocycles. The quantitative estimate of drug-likeness (QED) is 0.224. The van der Waals surface area contributed by atoms with Crippen molar-refractivity contribution < 1.29 is 14.3 Å². The zero-order valence-corrected chi connectivity index (χ0v) is 15.1. The molecule has 0 bridgehead atoms. The zero-order chi connectivity index (χ0) is 17.0. The molecule has 0 aliphatic heterocycles. The monoisotopic (exact) mass is 327 g/mol. The summed E-state index contributed by atoms with van der Waals surface area (Å²) >= 11 is 0. The Morgan fingerprint density at radius 1 is 0.783 bits per heavy atom. The van der Waals surface area contributed by atoms with Gasteiger partial charge in [0.1, 0.15) is 6.54 Å². The van der Waals surface area contributed by atoms with Crippen LogP contribution in [-0.4, -0.2) is 25.5 Å². The van der Waals surface area contributed by atoms with Crippen molar-refractivity contribution in [3.05, 3.63) is 0 Å². The van der Waals surface area contributed by atoms with Crippen molar-refractivity contribution in [2.24, 2.45) is 0 Å². The maximum atomic E-state index is 11.1. The van der Waals surface area contributed by atoms with E-state index in [4.69, 9.17) is 4.74 Å². The van der Waals surface area contributed by atoms with Crippen molar-refractivity contribution in [3.8, 4) is 0 Å². The number of hydrogen-bond acceptors (Lipinski definition) is 3. The molecule has 0 aromatic heterocycles. The fraction of sp³-hybridized carbons (Fsp3) is 0.895. The SMILES string of the molecule is CCCCCCCCCCCCCCCCOC(=O)CNC=O. The lowest BCUT2D eigenvalue weighted by atomic mass is 10.0. The van der Waals surface area contributed by atoms with Gasteiger partial charge in [-0.2, -0.15) is 0 Å². The lowest BCUT2D eigenvalue weighted by molar-refractivity contribution is -0.143. The van der Waals surface area contributed by atoms with Crippen LogP contribution >= 0.6 is 0 Å². The molecule has 0 atom stereocenters. The average molecular weight is 328 g/mol. The van der Waals surface area contributed by atoms with E-state index in [2.05, 4.69) is 12.2 Å². The van der Waals surface area contributed by atoms with Crippen molar-refractivity contribution in [3.63, 3.8) is 0 Å². The van der Waals surface area contributed by atoms with E-state index in [1.165, 1.54) is 77.0 Å². The van der Waals surface area contributed by atoms with Gasteiger partial charge >= 0.3 is 5.97 Å². The summed E-state index contributed by atoms with van der Waals surface area (Å²) in [5, 5.41) is 2.30. The molecular weight excluding hydrogens is 290 g/mol. The fourth-order valence-electron chi connectivity index (χ4n) is 2.66. The van der Waals surface area contributed by atoms with Gasteiger partial charge in [0.25, 0.3) is 0 Å². The van der Waals surface area contributed by atoms with Crippen LogP contribution in [0.3, 0.4) is 0 Å². The molecule has 1 N–H and O–H groups in total. The lowest BCUT2D eigenvalue weighted by Gasteiger charge is -2.05. The Kier molecular flexibility index (Phi) is 18.1. The van der Waals surface area contributed by atoms with Crippen molar-refractivity contribution in [1.29, 1.82) is 0 Å². The Morgan fingerprint density at radius 2 is 1.22 bits per heavy atom. The van der Waals surface area contributed by atoms with Crippen molar-refractivity contribution in [1.82, 2.24) is 5.32 Å². The van der Waals surface area contributed by atoms with Gasteiger partial charge in [0, 0.05) is 0 Å². The number of unbranched alkanes of at least 4 members (excludes halogenated alkanes) is 13. The molecule has 0 rings (SSSR count). The third-order valence-electron chi connectivity index (χ3n) is 4.09. The minimum Gasteiger partial charge on any atom is -0.464 e. The number of nitrogens with one attached hydrogen (secondary N) is 1. The first-order valence-electron chi connectivity index (χ1n) is 9.64. The summed E-state index contributed by atoms with van der Waals surface area (Å²) in [5.74, 6) is -0.355. The number of hydrogen-bond donors (Lipinski definition) is 1. The Balaban J connectivity index is 3.05. The van der Waals surface area contributed by atoms with Crippen LogP contribution in [0.2, 0.25) is 0 Å². The van der Waals surface area contributed by atoms with E-state index < -0.39 is 0 Å². The van der Waals surface area contributed by atoms with Crippen molar-refractivity contribution in [2.45, 2.75) is 96.8 Å². The number of rotatable bonds is 18. The second-order valence-corrected chi connectivity index (χ2v) is 6.32. The summed E-state index contributed by atoms with van der Waals surface area (Å²) in [6.45, 7) is 2.71. The van der Waals surface area contributed by atoms with E-state index in [1.807, 2.05) is 0 Å². The highest BCUT2D eigenvalue weighted by atomic mass is 16.5. The second kappa shape index (κ2) is 19.0. The predicted molar refractivity (Wildman–Crippen MR) is 95.3 cm³/mol. The topological polar surface area (TPSA) is 55.4 Å². The summed E-state index contributed by atoms with van der Waals surface area (Å²) in [4.78, 5) is 21.1. The van der Waals surface area contributed by atoms with E-state index in [0.29, 0.717) is 13.0 Å². The standard InChI is InChI=1S/C19H37NO3/c1-2-3-4-5-6-7-8-9-10-11-12-13-14-15-16-23-19(22)17-20-18-21/h18H,2-17H2,1H3,(H,20,21). The summed E-state index contributed by atoms with van der Waals surface area (Å²) in [5.41, 5.74) is 0. The Morgan fingerprint density at radius 3 is 1.65 bits per heavy atom. The number of amides is 1. The van der Waals surface area contributed by atoms with Gasteiger partial charge in [-0.3, -0.25) is 9.59 Å². The minimum absolute atomic E-state index is 0.0257. The van der Waals surface area contributed by atoms with E-state index >= 15 is 0 Å². The van der Waals surface area contributed by atoms with Gasteiger partial charge in [0.2, 0.25) is 6.41 Å². The summed E-state index contributed by atoms with van der Waals surface area (Å²) < 4.78 is 4.99. The smallest absolute Gasteiger partial charge is 0.325 e. The first-order chi connectivity index (χ1) is 11.3. The first-order valence-corrected chi connectivity index (χ1v) is 9.64. The predicted octanol–water partition coefficient (Wildman–Crippen LogP) is 4.76. The molecule has 0 aromatic rings. The van der Waals surface area contributed by atoms with Gasteiger partial charge in [-0.15, -0.1) is 0 Å². The van der Waals surface area contributed by atoms with Gasteiger partial charge in [-0.25, -0.2) is 0 Å². The highest BCUT2D eigenvalue weighted by Crippen LogP contribution is 2.12. The third-order valence-corrected chi connectivity index (χ3v) is 4.09. The van der Waals surface area contributed by atoms with Crippen LogP contribution in [0.15, 0.2) is 0 Å². The van der Waals surface area contributed by atoms with Gasteiger partial charge in [0.15, 0.2) is 0 Å². The number of esters is 1. The van der Waals surface area contributed by atoms with E-state index in [1.54, 1.807) is 0 Å². The van der Waals surface area contributed by atoms with Crippen LogP contribution in [-0.2, 0) is 14.3 Å². The molecule has 0 radical (unpaired) electrons. The minimum atomic E-state index is -0.355. The van der Waals surface area contributed by atoms with Crippen molar-refractivity contribution in [2.75, 3.05) is 13.2 Å². The number of carbonyl (C=O) groups is 2. The Labute approximate surface area is 142 Å². The van der Waals surface area contributed by atoms with Gasteiger partial charge in [-0.05, 0) is 6.42 Å². The average Bonchev–Trinajstić information content (AvgIpc) is 2.56. The molecule has 0 aromatic carbocycles. The highest BCUT2D eigenvalue weighted by Gasteiger charge is 2.00. The Hall–Kier alpha value is -1.06. The molecule has 0 saturated carbocycles. The van der Waals surface area contributed by atoms with Crippen LogP contribution in [0.5, 0.6) is 0 Å². The van der Waals surface area contributed by atoms with Crippen LogP contribution in [0.1, 0.15) is 96.8 Å². The van der Waals surface area contributed by atoms with Crippen molar-refractivity contribution >= 4 is 12.4 Å². The largest absolute Gasteiger partial charge is 0.464 e. The molecule has 0 fully saturated rings. The van der Waals surface area contributed by atoms with E-state index in [0.717, 1.165) is 12.8 Å². The highest BCUT2D eigenvalue weighted by molar-refractivity contribution is 5.73. The molecule has 0 aliphatic carbocycles. The van der Waals surface area contributed by atoms with Crippen LogP contribution in [0, 0.1) is 0 Å². The summed E-state index contributed by atoms with van der Waals surface area (Å²) in [7, 11) is 0. The van der Waals surface area contributed by atoms with Crippen LogP contribution in [0.4, 0.5) is 0 Å². The summed E-state index contributed by atoms with van der Waals surface area (Å²) in [6.07, 6.45) is 18.9. The lowest BCUT2D eigenvalue weighted by Crippen LogP contribution is -2.23. The molecule has 4 heteroatoms. The molecule has 0 spiro atoms. The van der Waals surface area contributed by atoms with Gasteiger partial charge < -0.3 is 10.1 Å². The second-order valence-electron chi connectivity index (χ2n) is 6.32. The van der Waals surface area contributed by atoms with E-state index in [-0.39, 0.29) is 12.5 Å². The molecule has 1 amide bonds. The van der Waals surface area contributed by atoms with Gasteiger partial charge in [0.05, 0.1) is 6.61 Å². The molecular formula is C19H37NO3. The van der Waals surface area contributed by atoms with Crippen LogP contribution < -0.4 is 5.32 Å². The molecule has 0 aliphatic rings. The summed E-state index contributed by atoms with van der Waals surface area (Å²) in [6, 6.07) is 0. The molecule has 23 heavy (non-hydrogen) atoms. The van der Waals surface area contributed by atoms with Crippen LogP contribution in [0.25, 0.3) is 0 Å². The molecule has 0 unspecified atom stereocenters. The maximum absolute atomic E-state index is 11.1. The maximum Gasteiger partial charge on any atom is 0.325 e. The molecule has 0 heterocycles. The molecule has 4 nitrogen and oxygen atoms in total.